The molecule has 2 unspecified atom stereocenters. The summed E-state index contributed by atoms with van der Waals surface area (Å²) in [6, 6.07) is 3.91. The van der Waals surface area contributed by atoms with Crippen molar-refractivity contribution in [1.29, 1.82) is 0 Å². The van der Waals surface area contributed by atoms with Crippen LogP contribution in [-0.2, 0) is 16.4 Å². The summed E-state index contributed by atoms with van der Waals surface area (Å²) >= 11 is 0. The van der Waals surface area contributed by atoms with Crippen molar-refractivity contribution in [2.75, 3.05) is 6.26 Å². The molecule has 1 aliphatic rings. The van der Waals surface area contributed by atoms with Gasteiger partial charge in [-0.3, -0.25) is 0 Å². The minimum absolute atomic E-state index is 0.108. The molecule has 0 spiro atoms. The highest BCUT2D eigenvalue weighted by Gasteiger charge is 2.28. The Kier molecular flexibility index (Phi) is 4.75. The Morgan fingerprint density at radius 3 is 2.65 bits per heavy atom. The van der Waals surface area contributed by atoms with Gasteiger partial charge in [0.2, 0.25) is 0 Å². The van der Waals surface area contributed by atoms with E-state index >= 15 is 0 Å². The number of hydrogen-bond donors (Lipinski definition) is 1. The van der Waals surface area contributed by atoms with E-state index in [2.05, 4.69) is 5.32 Å². The predicted molar refractivity (Wildman–Crippen MR) is 74.1 cm³/mol. The third-order valence-corrected chi connectivity index (χ3v) is 5.45. The van der Waals surface area contributed by atoms with Crippen LogP contribution in [0.15, 0.2) is 18.2 Å². The Balaban J connectivity index is 1.92. The minimum Gasteiger partial charge on any atom is -0.310 e. The molecule has 1 aliphatic carbocycles. The maximum Gasteiger partial charge on any atom is 0.159 e. The molecule has 0 bridgehead atoms. The molecule has 2 rings (SSSR count). The molecule has 1 saturated carbocycles. The second-order valence-electron chi connectivity index (χ2n) is 5.44. The first-order chi connectivity index (χ1) is 9.36. The van der Waals surface area contributed by atoms with Crippen molar-refractivity contribution in [3.63, 3.8) is 0 Å². The van der Waals surface area contributed by atoms with Crippen LogP contribution in [0.2, 0.25) is 0 Å². The molecule has 1 aromatic rings. The van der Waals surface area contributed by atoms with Gasteiger partial charge in [-0.25, -0.2) is 17.2 Å². The molecule has 0 heterocycles. The van der Waals surface area contributed by atoms with Crippen molar-refractivity contribution in [2.24, 2.45) is 0 Å². The Morgan fingerprint density at radius 1 is 1.25 bits per heavy atom. The molecule has 112 valence electrons. The Labute approximate surface area is 118 Å². The van der Waals surface area contributed by atoms with Crippen molar-refractivity contribution >= 4 is 9.84 Å². The standard InChI is InChI=1S/C14H19F2NO2S/c1-20(18,19)12-4-2-3-11(8-12)17-9-10-5-6-13(15)14(16)7-10/h5-7,11-12,17H,2-4,8-9H2,1H3. The molecule has 1 N–H and O–H groups in total. The van der Waals surface area contributed by atoms with Gasteiger partial charge in [0.25, 0.3) is 0 Å². The van der Waals surface area contributed by atoms with E-state index in [1.54, 1.807) is 0 Å². The van der Waals surface area contributed by atoms with E-state index in [0.717, 1.165) is 18.9 Å². The second-order valence-corrected chi connectivity index (χ2v) is 7.77. The average Bonchev–Trinajstić information content (AvgIpc) is 2.39. The van der Waals surface area contributed by atoms with Crippen LogP contribution in [0.1, 0.15) is 31.2 Å². The fourth-order valence-electron chi connectivity index (χ4n) is 2.63. The molecule has 0 saturated heterocycles. The first-order valence-corrected chi connectivity index (χ1v) is 8.68. The van der Waals surface area contributed by atoms with Gasteiger partial charge in [0.1, 0.15) is 9.84 Å². The molecular weight excluding hydrogens is 284 g/mol. The fraction of sp³-hybridized carbons (Fsp3) is 0.571. The van der Waals surface area contributed by atoms with Gasteiger partial charge in [-0.15, -0.1) is 0 Å². The van der Waals surface area contributed by atoms with E-state index in [-0.39, 0.29) is 11.3 Å². The molecule has 0 radical (unpaired) electrons. The Bertz CT molecular complexity index is 575. The predicted octanol–water partition coefficient (Wildman–Crippen LogP) is 2.41. The zero-order chi connectivity index (χ0) is 14.8. The molecule has 3 nitrogen and oxygen atoms in total. The number of halogens is 2. The highest BCUT2D eigenvalue weighted by Crippen LogP contribution is 2.24. The minimum atomic E-state index is -3.00. The van der Waals surface area contributed by atoms with E-state index in [1.807, 2.05) is 0 Å². The fourth-order valence-corrected chi connectivity index (χ4v) is 3.81. The number of rotatable bonds is 4. The van der Waals surface area contributed by atoms with Crippen LogP contribution in [0, 0.1) is 11.6 Å². The largest absolute Gasteiger partial charge is 0.310 e. The van der Waals surface area contributed by atoms with Crippen molar-refractivity contribution in [3.8, 4) is 0 Å². The van der Waals surface area contributed by atoms with E-state index in [9.17, 15) is 17.2 Å². The van der Waals surface area contributed by atoms with Crippen molar-refractivity contribution in [2.45, 2.75) is 43.5 Å². The molecule has 20 heavy (non-hydrogen) atoms. The van der Waals surface area contributed by atoms with Gasteiger partial charge in [-0.1, -0.05) is 12.5 Å². The SMILES string of the molecule is CS(=O)(=O)C1CCCC(NCc2ccc(F)c(F)c2)C1. The van der Waals surface area contributed by atoms with Gasteiger partial charge >= 0.3 is 0 Å². The number of hydrogen-bond acceptors (Lipinski definition) is 3. The maximum atomic E-state index is 13.1. The summed E-state index contributed by atoms with van der Waals surface area (Å²) in [4.78, 5) is 0. The van der Waals surface area contributed by atoms with Crippen LogP contribution < -0.4 is 5.32 Å². The van der Waals surface area contributed by atoms with Gasteiger partial charge in [-0.2, -0.15) is 0 Å². The lowest BCUT2D eigenvalue weighted by atomic mass is 9.95. The van der Waals surface area contributed by atoms with Crippen LogP contribution in [0.3, 0.4) is 0 Å². The summed E-state index contributed by atoms with van der Waals surface area (Å²) in [6.45, 7) is 0.415. The Hall–Kier alpha value is -1.01. The van der Waals surface area contributed by atoms with Gasteiger partial charge in [0.05, 0.1) is 5.25 Å². The van der Waals surface area contributed by atoms with Gasteiger partial charge in [0.15, 0.2) is 11.6 Å². The molecule has 2 atom stereocenters. The molecular formula is C14H19F2NO2S. The molecule has 1 fully saturated rings. The van der Waals surface area contributed by atoms with Gasteiger partial charge in [0, 0.05) is 18.8 Å². The lowest BCUT2D eigenvalue weighted by Crippen LogP contribution is -2.38. The quantitative estimate of drug-likeness (QED) is 0.929. The van der Waals surface area contributed by atoms with Crippen LogP contribution in [0.5, 0.6) is 0 Å². The molecule has 6 heteroatoms. The highest BCUT2D eigenvalue weighted by atomic mass is 32.2. The summed E-state index contributed by atoms with van der Waals surface area (Å²) in [5, 5.41) is 2.94. The first kappa shape index (κ1) is 15.4. The smallest absolute Gasteiger partial charge is 0.159 e. The van der Waals surface area contributed by atoms with E-state index in [0.29, 0.717) is 24.9 Å². The van der Waals surface area contributed by atoms with E-state index < -0.39 is 21.5 Å². The van der Waals surface area contributed by atoms with Crippen LogP contribution in [-0.4, -0.2) is 26.0 Å². The maximum absolute atomic E-state index is 13.1. The number of sulfone groups is 1. The third kappa shape index (κ3) is 3.99. The van der Waals surface area contributed by atoms with E-state index in [4.69, 9.17) is 0 Å². The van der Waals surface area contributed by atoms with Gasteiger partial charge in [-0.05, 0) is 37.0 Å². The topological polar surface area (TPSA) is 46.2 Å². The summed E-state index contributed by atoms with van der Waals surface area (Å²) in [7, 11) is -3.00. The average molecular weight is 303 g/mol. The molecule has 0 aromatic heterocycles. The lowest BCUT2D eigenvalue weighted by Gasteiger charge is -2.28. The molecule has 0 amide bonds. The van der Waals surface area contributed by atoms with Crippen LogP contribution in [0.4, 0.5) is 8.78 Å². The number of benzene rings is 1. The monoisotopic (exact) mass is 303 g/mol. The zero-order valence-electron chi connectivity index (χ0n) is 11.4. The lowest BCUT2D eigenvalue weighted by molar-refractivity contribution is 0.370. The van der Waals surface area contributed by atoms with Crippen molar-refractivity contribution < 1.29 is 17.2 Å². The summed E-state index contributed by atoms with van der Waals surface area (Å²) in [6.07, 6.45) is 4.35. The zero-order valence-corrected chi connectivity index (χ0v) is 12.2. The van der Waals surface area contributed by atoms with Crippen molar-refractivity contribution in [1.82, 2.24) is 5.32 Å². The molecule has 0 aliphatic heterocycles. The Morgan fingerprint density at radius 2 is 2.00 bits per heavy atom. The van der Waals surface area contributed by atoms with Crippen LogP contribution >= 0.6 is 0 Å². The summed E-state index contributed by atoms with van der Waals surface area (Å²) in [5.41, 5.74) is 0.658. The van der Waals surface area contributed by atoms with Crippen LogP contribution in [0.25, 0.3) is 0 Å². The van der Waals surface area contributed by atoms with E-state index in [1.165, 1.54) is 18.4 Å². The van der Waals surface area contributed by atoms with Gasteiger partial charge < -0.3 is 5.32 Å². The highest BCUT2D eigenvalue weighted by molar-refractivity contribution is 7.91. The second kappa shape index (κ2) is 6.18. The number of nitrogens with one attached hydrogen (secondary N) is 1. The normalized spacial score (nSPS) is 23.8. The summed E-state index contributed by atoms with van der Waals surface area (Å²) in [5.74, 6) is -1.72. The van der Waals surface area contributed by atoms with Crippen molar-refractivity contribution in [3.05, 3.63) is 35.4 Å². The molecule has 1 aromatic carbocycles. The third-order valence-electron chi connectivity index (χ3n) is 3.81. The summed E-state index contributed by atoms with van der Waals surface area (Å²) < 4.78 is 49.0. The first-order valence-electron chi connectivity index (χ1n) is 6.72.